The van der Waals surface area contributed by atoms with Crippen molar-refractivity contribution in [2.45, 2.75) is 19.3 Å². The first-order valence-corrected chi connectivity index (χ1v) is 9.70. The zero-order valence-corrected chi connectivity index (χ0v) is 15.5. The first-order valence-electron chi connectivity index (χ1n) is 8.82. The number of rotatable bonds is 6. The van der Waals surface area contributed by atoms with Crippen molar-refractivity contribution in [2.24, 2.45) is 5.41 Å². The topological polar surface area (TPSA) is 71.1 Å². The standard InChI is InChI=1S/C21H19N3O2S/c25-18(22-16-9-5-2-6-10-16)21(11-12-21)19(26)24-20-23-17(14-27-20)13-15-7-3-1-4-8-15/h1-10,14H,11-13H2,(H,22,25)(H,23,24,26). The van der Waals surface area contributed by atoms with E-state index in [4.69, 9.17) is 0 Å². The van der Waals surface area contributed by atoms with E-state index in [0.29, 0.717) is 30.1 Å². The number of hydrogen-bond acceptors (Lipinski definition) is 4. The van der Waals surface area contributed by atoms with Gasteiger partial charge in [-0.05, 0) is 30.5 Å². The van der Waals surface area contributed by atoms with Crippen LogP contribution < -0.4 is 10.6 Å². The molecule has 0 bridgehead atoms. The molecule has 0 atom stereocenters. The van der Waals surface area contributed by atoms with E-state index in [1.54, 1.807) is 0 Å². The molecule has 2 N–H and O–H groups in total. The molecule has 136 valence electrons. The molecule has 1 aliphatic carbocycles. The molecule has 2 amide bonds. The van der Waals surface area contributed by atoms with Crippen LogP contribution in [0.1, 0.15) is 24.1 Å². The van der Waals surface area contributed by atoms with Crippen molar-refractivity contribution in [1.29, 1.82) is 0 Å². The molecule has 1 fully saturated rings. The van der Waals surface area contributed by atoms with Crippen LogP contribution in [0.5, 0.6) is 0 Å². The molecule has 0 aliphatic heterocycles. The molecular weight excluding hydrogens is 358 g/mol. The van der Waals surface area contributed by atoms with Gasteiger partial charge in [-0.2, -0.15) is 0 Å². The molecule has 6 heteroatoms. The fraction of sp³-hybridized carbons (Fsp3) is 0.190. The highest BCUT2D eigenvalue weighted by atomic mass is 32.1. The second-order valence-corrected chi connectivity index (χ2v) is 7.52. The number of nitrogens with zero attached hydrogens (tertiary/aromatic N) is 1. The van der Waals surface area contributed by atoms with Crippen molar-refractivity contribution in [3.63, 3.8) is 0 Å². The summed E-state index contributed by atoms with van der Waals surface area (Å²) >= 11 is 1.38. The van der Waals surface area contributed by atoms with Crippen LogP contribution in [0, 0.1) is 5.41 Å². The Morgan fingerprint density at radius 3 is 2.22 bits per heavy atom. The Hall–Kier alpha value is -2.99. The number of carbonyl (C=O) groups excluding carboxylic acids is 2. The summed E-state index contributed by atoms with van der Waals surface area (Å²) in [6.07, 6.45) is 1.83. The van der Waals surface area contributed by atoms with Crippen LogP contribution in [-0.2, 0) is 16.0 Å². The number of para-hydroxylation sites is 1. The monoisotopic (exact) mass is 377 g/mol. The number of benzene rings is 2. The summed E-state index contributed by atoms with van der Waals surface area (Å²) in [6, 6.07) is 19.2. The maximum Gasteiger partial charge on any atom is 0.241 e. The second kappa shape index (κ2) is 7.32. The van der Waals surface area contributed by atoms with Gasteiger partial charge in [0.2, 0.25) is 11.8 Å². The van der Waals surface area contributed by atoms with Gasteiger partial charge in [-0.3, -0.25) is 9.59 Å². The molecule has 27 heavy (non-hydrogen) atoms. The molecule has 0 spiro atoms. The Labute approximate surface area is 161 Å². The van der Waals surface area contributed by atoms with Gasteiger partial charge >= 0.3 is 0 Å². The molecule has 2 aromatic carbocycles. The zero-order chi connectivity index (χ0) is 18.7. The third-order valence-corrected chi connectivity index (χ3v) is 5.46. The third kappa shape index (κ3) is 3.90. The Morgan fingerprint density at radius 1 is 0.926 bits per heavy atom. The summed E-state index contributed by atoms with van der Waals surface area (Å²) in [5.74, 6) is -0.538. The van der Waals surface area contributed by atoms with Crippen LogP contribution in [-0.4, -0.2) is 16.8 Å². The predicted octanol–water partition coefficient (Wildman–Crippen LogP) is 4.09. The van der Waals surface area contributed by atoms with Crippen LogP contribution in [0.4, 0.5) is 10.8 Å². The van der Waals surface area contributed by atoms with Gasteiger partial charge in [0.25, 0.3) is 0 Å². The smallest absolute Gasteiger partial charge is 0.241 e. The van der Waals surface area contributed by atoms with Crippen molar-refractivity contribution >= 4 is 34.0 Å². The van der Waals surface area contributed by atoms with Crippen LogP contribution >= 0.6 is 11.3 Å². The molecule has 0 radical (unpaired) electrons. The van der Waals surface area contributed by atoms with E-state index in [0.717, 1.165) is 5.69 Å². The molecule has 1 aromatic heterocycles. The average Bonchev–Trinajstić information content (AvgIpc) is 3.40. The summed E-state index contributed by atoms with van der Waals surface area (Å²) in [5, 5.41) is 8.13. The highest BCUT2D eigenvalue weighted by Gasteiger charge is 2.56. The van der Waals surface area contributed by atoms with E-state index < -0.39 is 5.41 Å². The number of amides is 2. The predicted molar refractivity (Wildman–Crippen MR) is 107 cm³/mol. The van der Waals surface area contributed by atoms with Crippen molar-refractivity contribution in [3.05, 3.63) is 77.3 Å². The first-order chi connectivity index (χ1) is 13.2. The Kier molecular flexibility index (Phi) is 4.73. The van der Waals surface area contributed by atoms with Crippen LogP contribution in [0.25, 0.3) is 0 Å². The Bertz CT molecular complexity index is 950. The van der Waals surface area contributed by atoms with E-state index in [-0.39, 0.29) is 11.8 Å². The number of anilines is 2. The zero-order valence-electron chi connectivity index (χ0n) is 14.6. The summed E-state index contributed by atoms with van der Waals surface area (Å²) in [6.45, 7) is 0. The summed E-state index contributed by atoms with van der Waals surface area (Å²) in [4.78, 5) is 29.8. The largest absolute Gasteiger partial charge is 0.325 e. The lowest BCUT2D eigenvalue weighted by Gasteiger charge is -2.14. The molecule has 0 unspecified atom stereocenters. The maximum absolute atomic E-state index is 12.7. The highest BCUT2D eigenvalue weighted by molar-refractivity contribution is 7.13. The minimum Gasteiger partial charge on any atom is -0.325 e. The average molecular weight is 377 g/mol. The maximum atomic E-state index is 12.7. The van der Waals surface area contributed by atoms with E-state index in [9.17, 15) is 9.59 Å². The van der Waals surface area contributed by atoms with Gasteiger partial charge in [0.1, 0.15) is 5.41 Å². The molecule has 1 aliphatic rings. The van der Waals surface area contributed by atoms with Crippen LogP contribution in [0.3, 0.4) is 0 Å². The van der Waals surface area contributed by atoms with E-state index in [1.165, 1.54) is 16.9 Å². The number of aromatic nitrogens is 1. The lowest BCUT2D eigenvalue weighted by Crippen LogP contribution is -2.35. The van der Waals surface area contributed by atoms with Crippen LogP contribution in [0.2, 0.25) is 0 Å². The lowest BCUT2D eigenvalue weighted by molar-refractivity contribution is -0.131. The van der Waals surface area contributed by atoms with Gasteiger partial charge in [0.15, 0.2) is 5.13 Å². The van der Waals surface area contributed by atoms with Crippen molar-refractivity contribution < 1.29 is 9.59 Å². The highest BCUT2D eigenvalue weighted by Crippen LogP contribution is 2.47. The van der Waals surface area contributed by atoms with Crippen LogP contribution in [0.15, 0.2) is 66.0 Å². The van der Waals surface area contributed by atoms with E-state index in [2.05, 4.69) is 15.6 Å². The minimum absolute atomic E-state index is 0.257. The van der Waals surface area contributed by atoms with Gasteiger partial charge in [0, 0.05) is 17.5 Å². The second-order valence-electron chi connectivity index (χ2n) is 6.66. The molecule has 1 saturated carbocycles. The van der Waals surface area contributed by atoms with Gasteiger partial charge in [-0.15, -0.1) is 11.3 Å². The number of hydrogen-bond donors (Lipinski definition) is 2. The van der Waals surface area contributed by atoms with Gasteiger partial charge in [-0.1, -0.05) is 48.5 Å². The van der Waals surface area contributed by atoms with E-state index >= 15 is 0 Å². The number of carbonyl (C=O) groups is 2. The molecule has 1 heterocycles. The number of nitrogens with one attached hydrogen (secondary N) is 2. The van der Waals surface area contributed by atoms with Gasteiger partial charge in [0.05, 0.1) is 5.69 Å². The Balaban J connectivity index is 1.39. The molecule has 4 rings (SSSR count). The van der Waals surface area contributed by atoms with Gasteiger partial charge < -0.3 is 10.6 Å². The quantitative estimate of drug-likeness (QED) is 0.636. The van der Waals surface area contributed by atoms with Crippen molar-refractivity contribution in [2.75, 3.05) is 10.6 Å². The minimum atomic E-state index is -0.985. The fourth-order valence-corrected chi connectivity index (χ4v) is 3.63. The Morgan fingerprint density at radius 2 is 1.56 bits per heavy atom. The summed E-state index contributed by atoms with van der Waals surface area (Å²) < 4.78 is 0. The third-order valence-electron chi connectivity index (χ3n) is 4.65. The number of thiazole rings is 1. The van der Waals surface area contributed by atoms with Gasteiger partial charge in [-0.25, -0.2) is 4.98 Å². The molecule has 0 saturated heterocycles. The van der Waals surface area contributed by atoms with Crippen molar-refractivity contribution in [1.82, 2.24) is 4.98 Å². The first kappa shape index (κ1) is 17.4. The summed E-state index contributed by atoms with van der Waals surface area (Å²) in [7, 11) is 0. The normalized spacial score (nSPS) is 14.4. The molecule has 5 nitrogen and oxygen atoms in total. The summed E-state index contributed by atoms with van der Waals surface area (Å²) in [5.41, 5.74) is 1.78. The molecular formula is C21H19N3O2S. The lowest BCUT2D eigenvalue weighted by atomic mass is 10.1. The SMILES string of the molecule is O=C(Nc1ccccc1)C1(C(=O)Nc2nc(Cc3ccccc3)cs2)CC1. The fourth-order valence-electron chi connectivity index (χ4n) is 2.92. The molecule has 3 aromatic rings. The van der Waals surface area contributed by atoms with Crippen molar-refractivity contribution in [3.8, 4) is 0 Å². The van der Waals surface area contributed by atoms with E-state index in [1.807, 2.05) is 66.0 Å².